The molecule has 0 saturated carbocycles. The Morgan fingerprint density at radius 1 is 0.913 bits per heavy atom. The summed E-state index contributed by atoms with van der Waals surface area (Å²) in [6.45, 7) is 4.60. The first kappa shape index (κ1) is 17.1. The van der Waals surface area contributed by atoms with Crippen LogP contribution in [-0.2, 0) is 6.54 Å². The standard InChI is InChI=1S/C19H19N3.ClH/c1-13-8-9-17(14(2)10-13)18-11-16(12-20)21-19(22-18)15-6-4-3-5-7-15;/h3-11H,12,20H2,1-2H3;1H. The molecule has 0 bridgehead atoms. The molecule has 0 amide bonds. The van der Waals surface area contributed by atoms with E-state index in [1.807, 2.05) is 36.4 Å². The molecule has 0 radical (unpaired) electrons. The van der Waals surface area contributed by atoms with Gasteiger partial charge in [-0.15, -0.1) is 12.4 Å². The van der Waals surface area contributed by atoms with Crippen molar-refractivity contribution in [1.29, 1.82) is 0 Å². The fraction of sp³-hybridized carbons (Fsp3) is 0.158. The van der Waals surface area contributed by atoms with E-state index in [0.717, 1.165) is 28.3 Å². The molecule has 1 aromatic heterocycles. The Kier molecular flexibility index (Phi) is 5.48. The van der Waals surface area contributed by atoms with Crippen LogP contribution in [0.25, 0.3) is 22.6 Å². The maximum Gasteiger partial charge on any atom is 0.160 e. The Balaban J connectivity index is 0.00000192. The molecule has 0 atom stereocenters. The first-order valence-corrected chi connectivity index (χ1v) is 7.38. The third-order valence-corrected chi connectivity index (χ3v) is 3.68. The van der Waals surface area contributed by atoms with E-state index in [0.29, 0.717) is 6.54 Å². The average Bonchev–Trinajstić information content (AvgIpc) is 2.55. The molecule has 2 N–H and O–H groups in total. The number of benzene rings is 2. The number of rotatable bonds is 3. The van der Waals surface area contributed by atoms with Crippen LogP contribution < -0.4 is 5.73 Å². The van der Waals surface area contributed by atoms with Gasteiger partial charge in [0.25, 0.3) is 0 Å². The first-order valence-electron chi connectivity index (χ1n) is 7.38. The second-order valence-electron chi connectivity index (χ2n) is 5.46. The molecular formula is C19H20ClN3. The summed E-state index contributed by atoms with van der Waals surface area (Å²) in [5.74, 6) is 0.721. The van der Waals surface area contributed by atoms with Crippen molar-refractivity contribution in [2.45, 2.75) is 20.4 Å². The lowest BCUT2D eigenvalue weighted by atomic mass is 10.0. The van der Waals surface area contributed by atoms with Gasteiger partial charge in [-0.1, -0.05) is 54.1 Å². The summed E-state index contributed by atoms with van der Waals surface area (Å²) in [6, 6.07) is 18.4. The van der Waals surface area contributed by atoms with E-state index in [1.165, 1.54) is 11.1 Å². The molecule has 118 valence electrons. The van der Waals surface area contributed by atoms with Crippen molar-refractivity contribution in [1.82, 2.24) is 9.97 Å². The summed E-state index contributed by atoms with van der Waals surface area (Å²) in [6.07, 6.45) is 0. The zero-order chi connectivity index (χ0) is 15.5. The van der Waals surface area contributed by atoms with Gasteiger partial charge in [-0.3, -0.25) is 0 Å². The van der Waals surface area contributed by atoms with Crippen molar-refractivity contribution in [2.75, 3.05) is 0 Å². The highest BCUT2D eigenvalue weighted by atomic mass is 35.5. The van der Waals surface area contributed by atoms with Crippen LogP contribution in [0.5, 0.6) is 0 Å². The molecule has 2 aromatic carbocycles. The number of nitrogens with zero attached hydrogens (tertiary/aromatic N) is 2. The molecule has 0 aliphatic heterocycles. The summed E-state index contributed by atoms with van der Waals surface area (Å²) < 4.78 is 0. The molecular weight excluding hydrogens is 306 g/mol. The van der Waals surface area contributed by atoms with Gasteiger partial charge < -0.3 is 5.73 Å². The minimum atomic E-state index is 0. The quantitative estimate of drug-likeness (QED) is 0.780. The maximum absolute atomic E-state index is 5.82. The molecule has 0 saturated heterocycles. The Morgan fingerprint density at radius 2 is 1.65 bits per heavy atom. The lowest BCUT2D eigenvalue weighted by Gasteiger charge is -2.10. The molecule has 0 aliphatic rings. The lowest BCUT2D eigenvalue weighted by Crippen LogP contribution is -2.04. The van der Waals surface area contributed by atoms with Gasteiger partial charge in [-0.25, -0.2) is 9.97 Å². The molecule has 0 spiro atoms. The molecule has 3 aromatic rings. The van der Waals surface area contributed by atoms with Gasteiger partial charge in [0, 0.05) is 17.7 Å². The minimum Gasteiger partial charge on any atom is -0.325 e. The molecule has 3 rings (SSSR count). The lowest BCUT2D eigenvalue weighted by molar-refractivity contribution is 0.971. The summed E-state index contributed by atoms with van der Waals surface area (Å²) in [4.78, 5) is 9.30. The SMILES string of the molecule is Cc1ccc(-c2cc(CN)nc(-c3ccccc3)n2)c(C)c1.Cl. The van der Waals surface area contributed by atoms with E-state index in [2.05, 4.69) is 37.0 Å². The largest absolute Gasteiger partial charge is 0.325 e. The van der Waals surface area contributed by atoms with Crippen molar-refractivity contribution in [3.63, 3.8) is 0 Å². The molecule has 0 aliphatic carbocycles. The van der Waals surface area contributed by atoms with E-state index in [4.69, 9.17) is 10.7 Å². The summed E-state index contributed by atoms with van der Waals surface area (Å²) in [5, 5.41) is 0. The van der Waals surface area contributed by atoms with Gasteiger partial charge in [-0.2, -0.15) is 0 Å². The Bertz CT molecular complexity index is 801. The van der Waals surface area contributed by atoms with Crippen molar-refractivity contribution >= 4 is 12.4 Å². The second kappa shape index (κ2) is 7.36. The van der Waals surface area contributed by atoms with Crippen molar-refractivity contribution in [2.24, 2.45) is 5.73 Å². The highest BCUT2D eigenvalue weighted by molar-refractivity contribution is 5.85. The third-order valence-electron chi connectivity index (χ3n) is 3.68. The fourth-order valence-corrected chi connectivity index (χ4v) is 2.56. The number of aryl methyl sites for hydroxylation is 2. The first-order chi connectivity index (χ1) is 10.7. The van der Waals surface area contributed by atoms with Crippen LogP contribution in [0.3, 0.4) is 0 Å². The summed E-state index contributed by atoms with van der Waals surface area (Å²) in [5.41, 5.74) is 12.2. The van der Waals surface area contributed by atoms with Crippen molar-refractivity contribution in [3.8, 4) is 22.6 Å². The molecule has 23 heavy (non-hydrogen) atoms. The van der Waals surface area contributed by atoms with Crippen LogP contribution in [0.15, 0.2) is 54.6 Å². The highest BCUT2D eigenvalue weighted by Gasteiger charge is 2.09. The van der Waals surface area contributed by atoms with E-state index >= 15 is 0 Å². The highest BCUT2D eigenvalue weighted by Crippen LogP contribution is 2.25. The van der Waals surface area contributed by atoms with Gasteiger partial charge in [0.05, 0.1) is 11.4 Å². The molecule has 3 nitrogen and oxygen atoms in total. The molecule has 1 heterocycles. The van der Waals surface area contributed by atoms with Crippen LogP contribution in [0, 0.1) is 13.8 Å². The fourth-order valence-electron chi connectivity index (χ4n) is 2.56. The monoisotopic (exact) mass is 325 g/mol. The van der Waals surface area contributed by atoms with Gasteiger partial charge in [0.2, 0.25) is 0 Å². The van der Waals surface area contributed by atoms with Crippen LogP contribution in [-0.4, -0.2) is 9.97 Å². The molecule has 0 fully saturated rings. The van der Waals surface area contributed by atoms with E-state index in [1.54, 1.807) is 0 Å². The number of halogens is 1. The van der Waals surface area contributed by atoms with Crippen LogP contribution in [0.2, 0.25) is 0 Å². The maximum atomic E-state index is 5.82. The molecule has 4 heteroatoms. The minimum absolute atomic E-state index is 0. The predicted molar refractivity (Wildman–Crippen MR) is 97.5 cm³/mol. The van der Waals surface area contributed by atoms with Crippen LogP contribution in [0.4, 0.5) is 0 Å². The smallest absolute Gasteiger partial charge is 0.160 e. The number of nitrogens with two attached hydrogens (primary N) is 1. The van der Waals surface area contributed by atoms with Gasteiger partial charge in [0.1, 0.15) is 0 Å². The second-order valence-corrected chi connectivity index (χ2v) is 5.46. The average molecular weight is 326 g/mol. The number of hydrogen-bond acceptors (Lipinski definition) is 3. The third kappa shape index (κ3) is 3.76. The van der Waals surface area contributed by atoms with Gasteiger partial charge >= 0.3 is 0 Å². The summed E-state index contributed by atoms with van der Waals surface area (Å²) >= 11 is 0. The van der Waals surface area contributed by atoms with E-state index in [9.17, 15) is 0 Å². The van der Waals surface area contributed by atoms with E-state index in [-0.39, 0.29) is 12.4 Å². The van der Waals surface area contributed by atoms with Gasteiger partial charge in [0.15, 0.2) is 5.82 Å². The topological polar surface area (TPSA) is 51.8 Å². The summed E-state index contributed by atoms with van der Waals surface area (Å²) in [7, 11) is 0. The predicted octanol–water partition coefficient (Wildman–Crippen LogP) is 4.31. The zero-order valence-electron chi connectivity index (χ0n) is 13.3. The van der Waals surface area contributed by atoms with E-state index < -0.39 is 0 Å². The van der Waals surface area contributed by atoms with Crippen molar-refractivity contribution in [3.05, 3.63) is 71.4 Å². The molecule has 0 unspecified atom stereocenters. The van der Waals surface area contributed by atoms with Crippen LogP contribution in [0.1, 0.15) is 16.8 Å². The normalized spacial score (nSPS) is 10.2. The van der Waals surface area contributed by atoms with Crippen LogP contribution >= 0.6 is 12.4 Å². The number of hydrogen-bond donors (Lipinski definition) is 1. The van der Waals surface area contributed by atoms with Crippen molar-refractivity contribution < 1.29 is 0 Å². The van der Waals surface area contributed by atoms with Gasteiger partial charge in [-0.05, 0) is 25.5 Å². The Hall–Kier alpha value is -2.23. The Morgan fingerprint density at radius 3 is 2.30 bits per heavy atom. The Labute approximate surface area is 143 Å². The zero-order valence-corrected chi connectivity index (χ0v) is 14.1. The number of aromatic nitrogens is 2.